The van der Waals surface area contributed by atoms with Crippen LogP contribution in [0, 0.1) is 5.92 Å². The number of piperazine rings is 1. The minimum Gasteiger partial charge on any atom is -0.340 e. The van der Waals surface area contributed by atoms with Crippen LogP contribution < -0.4 is 5.32 Å². The van der Waals surface area contributed by atoms with Gasteiger partial charge in [0.2, 0.25) is 11.8 Å². The molecule has 2 fully saturated rings. The first-order valence-electron chi connectivity index (χ1n) is 6.64. The fourth-order valence-electron chi connectivity index (χ4n) is 3.00. The Balaban J connectivity index is 2.17. The Bertz CT molecular complexity index is 330. The summed E-state index contributed by atoms with van der Waals surface area (Å²) in [6.45, 7) is 6.37. The zero-order valence-corrected chi connectivity index (χ0v) is 11.0. The molecule has 1 aliphatic carbocycles. The molecule has 2 aliphatic rings. The second-order valence-electron chi connectivity index (χ2n) is 5.50. The van der Waals surface area contributed by atoms with Crippen LogP contribution in [0.1, 0.15) is 46.5 Å². The highest BCUT2D eigenvalue weighted by Crippen LogP contribution is 2.34. The molecule has 0 unspecified atom stereocenters. The molecule has 1 aliphatic heterocycles. The quantitative estimate of drug-likeness (QED) is 0.805. The van der Waals surface area contributed by atoms with Crippen LogP contribution in [0.15, 0.2) is 0 Å². The Morgan fingerprint density at radius 1 is 1.29 bits per heavy atom. The lowest BCUT2D eigenvalue weighted by molar-refractivity contribution is -0.155. The number of carbonyl (C=O) groups excluding carboxylic acids is 2. The maximum Gasteiger partial charge on any atom is 0.249 e. The van der Waals surface area contributed by atoms with E-state index in [4.69, 9.17) is 0 Å². The average Bonchev–Trinajstić information content (AvgIpc) is 2.28. The van der Waals surface area contributed by atoms with Crippen molar-refractivity contribution in [1.29, 1.82) is 0 Å². The lowest BCUT2D eigenvalue weighted by atomic mass is 9.78. The SMILES string of the molecule is CCC1(CC)NC(=O)CN(C2CC(C)C2)C1=O. The standard InChI is InChI=1S/C13H22N2O2/c1-4-13(5-2)12(17)15(8-11(16)14-13)10-6-9(3)7-10/h9-10H,4-8H2,1-3H3,(H,14,16). The van der Waals surface area contributed by atoms with E-state index in [2.05, 4.69) is 12.2 Å². The maximum absolute atomic E-state index is 12.5. The minimum atomic E-state index is -0.645. The molecule has 0 aromatic rings. The third-order valence-corrected chi connectivity index (χ3v) is 4.36. The van der Waals surface area contributed by atoms with Crippen LogP contribution in [0.2, 0.25) is 0 Å². The van der Waals surface area contributed by atoms with E-state index in [9.17, 15) is 9.59 Å². The normalized spacial score (nSPS) is 32.1. The van der Waals surface area contributed by atoms with Gasteiger partial charge in [-0.05, 0) is 31.6 Å². The highest BCUT2D eigenvalue weighted by molar-refractivity contribution is 5.98. The lowest BCUT2D eigenvalue weighted by Gasteiger charge is -2.48. The molecule has 2 amide bonds. The fourth-order valence-corrected chi connectivity index (χ4v) is 3.00. The number of nitrogens with zero attached hydrogens (tertiary/aromatic N) is 1. The Morgan fingerprint density at radius 3 is 2.35 bits per heavy atom. The van der Waals surface area contributed by atoms with Crippen molar-refractivity contribution in [3.8, 4) is 0 Å². The molecule has 0 aromatic carbocycles. The predicted octanol–water partition coefficient (Wildman–Crippen LogP) is 1.30. The molecule has 0 spiro atoms. The summed E-state index contributed by atoms with van der Waals surface area (Å²) in [6.07, 6.45) is 3.44. The average molecular weight is 238 g/mol. The number of nitrogens with one attached hydrogen (secondary N) is 1. The van der Waals surface area contributed by atoms with Gasteiger partial charge in [-0.2, -0.15) is 0 Å². The van der Waals surface area contributed by atoms with Crippen LogP contribution >= 0.6 is 0 Å². The van der Waals surface area contributed by atoms with Gasteiger partial charge in [0.05, 0.1) is 6.54 Å². The Kier molecular flexibility index (Phi) is 3.15. The summed E-state index contributed by atoms with van der Waals surface area (Å²) in [5.74, 6) is 0.808. The van der Waals surface area contributed by atoms with Crippen molar-refractivity contribution in [3.63, 3.8) is 0 Å². The summed E-state index contributed by atoms with van der Waals surface area (Å²) in [5, 5.41) is 2.89. The summed E-state index contributed by atoms with van der Waals surface area (Å²) in [7, 11) is 0. The zero-order valence-electron chi connectivity index (χ0n) is 11.0. The maximum atomic E-state index is 12.5. The second-order valence-corrected chi connectivity index (χ2v) is 5.50. The van der Waals surface area contributed by atoms with Crippen LogP contribution in [0.5, 0.6) is 0 Å². The summed E-state index contributed by atoms with van der Waals surface area (Å²) in [5.41, 5.74) is -0.645. The molecule has 0 bridgehead atoms. The number of carbonyl (C=O) groups is 2. The molecule has 1 saturated heterocycles. The molecular weight excluding hydrogens is 216 g/mol. The van der Waals surface area contributed by atoms with Crippen LogP contribution in [0.4, 0.5) is 0 Å². The first kappa shape index (κ1) is 12.4. The van der Waals surface area contributed by atoms with E-state index < -0.39 is 5.54 Å². The van der Waals surface area contributed by atoms with Crippen molar-refractivity contribution in [2.24, 2.45) is 5.92 Å². The third-order valence-electron chi connectivity index (χ3n) is 4.36. The van der Waals surface area contributed by atoms with Crippen molar-refractivity contribution in [2.45, 2.75) is 58.0 Å². The van der Waals surface area contributed by atoms with Crippen LogP contribution in [0.25, 0.3) is 0 Å². The molecule has 0 aromatic heterocycles. The van der Waals surface area contributed by atoms with Crippen molar-refractivity contribution in [1.82, 2.24) is 10.2 Å². The van der Waals surface area contributed by atoms with Crippen molar-refractivity contribution in [3.05, 3.63) is 0 Å². The van der Waals surface area contributed by atoms with Crippen molar-refractivity contribution in [2.75, 3.05) is 6.54 Å². The van der Waals surface area contributed by atoms with E-state index in [1.165, 1.54) is 0 Å². The van der Waals surface area contributed by atoms with E-state index >= 15 is 0 Å². The Labute approximate surface area is 103 Å². The number of rotatable bonds is 3. The van der Waals surface area contributed by atoms with Gasteiger partial charge >= 0.3 is 0 Å². The van der Waals surface area contributed by atoms with Gasteiger partial charge in [-0.3, -0.25) is 9.59 Å². The first-order chi connectivity index (χ1) is 8.02. The van der Waals surface area contributed by atoms with Gasteiger partial charge < -0.3 is 10.2 Å². The van der Waals surface area contributed by atoms with Crippen LogP contribution in [0.3, 0.4) is 0 Å². The van der Waals surface area contributed by atoms with Gasteiger partial charge in [-0.25, -0.2) is 0 Å². The lowest BCUT2D eigenvalue weighted by Crippen LogP contribution is -2.69. The predicted molar refractivity (Wildman–Crippen MR) is 65.4 cm³/mol. The molecular formula is C13H22N2O2. The second kappa shape index (κ2) is 4.31. The van der Waals surface area contributed by atoms with E-state index in [1.54, 1.807) is 0 Å². The van der Waals surface area contributed by atoms with Crippen molar-refractivity contribution >= 4 is 11.8 Å². The van der Waals surface area contributed by atoms with Gasteiger partial charge in [-0.1, -0.05) is 20.8 Å². The van der Waals surface area contributed by atoms with Crippen LogP contribution in [-0.2, 0) is 9.59 Å². The van der Waals surface area contributed by atoms with E-state index in [0.29, 0.717) is 24.8 Å². The van der Waals surface area contributed by atoms with Gasteiger partial charge in [0.25, 0.3) is 0 Å². The Morgan fingerprint density at radius 2 is 1.88 bits per heavy atom. The Hall–Kier alpha value is -1.06. The highest BCUT2D eigenvalue weighted by Gasteiger charge is 2.47. The van der Waals surface area contributed by atoms with Crippen molar-refractivity contribution < 1.29 is 9.59 Å². The minimum absolute atomic E-state index is 0.00662. The molecule has 2 rings (SSSR count). The largest absolute Gasteiger partial charge is 0.340 e. The smallest absolute Gasteiger partial charge is 0.249 e. The monoisotopic (exact) mass is 238 g/mol. The van der Waals surface area contributed by atoms with E-state index in [0.717, 1.165) is 12.8 Å². The fraction of sp³-hybridized carbons (Fsp3) is 0.846. The van der Waals surface area contributed by atoms with E-state index in [-0.39, 0.29) is 18.4 Å². The highest BCUT2D eigenvalue weighted by atomic mass is 16.2. The van der Waals surface area contributed by atoms with Gasteiger partial charge in [-0.15, -0.1) is 0 Å². The van der Waals surface area contributed by atoms with Gasteiger partial charge in [0.15, 0.2) is 0 Å². The van der Waals surface area contributed by atoms with Gasteiger partial charge in [0.1, 0.15) is 5.54 Å². The summed E-state index contributed by atoms with van der Waals surface area (Å²) in [4.78, 5) is 26.1. The van der Waals surface area contributed by atoms with E-state index in [1.807, 2.05) is 18.7 Å². The molecule has 4 nitrogen and oxygen atoms in total. The molecule has 4 heteroatoms. The molecule has 1 saturated carbocycles. The molecule has 17 heavy (non-hydrogen) atoms. The summed E-state index contributed by atoms with van der Waals surface area (Å²) >= 11 is 0. The molecule has 96 valence electrons. The molecule has 1 heterocycles. The van der Waals surface area contributed by atoms with Gasteiger partial charge in [0, 0.05) is 6.04 Å². The van der Waals surface area contributed by atoms with Crippen LogP contribution in [-0.4, -0.2) is 34.8 Å². The molecule has 0 atom stereocenters. The summed E-state index contributed by atoms with van der Waals surface area (Å²) < 4.78 is 0. The third kappa shape index (κ3) is 1.94. The number of amides is 2. The summed E-state index contributed by atoms with van der Waals surface area (Å²) in [6, 6.07) is 0.293. The zero-order chi connectivity index (χ0) is 12.6. The number of hydrogen-bond donors (Lipinski definition) is 1. The topological polar surface area (TPSA) is 49.4 Å². The molecule has 1 N–H and O–H groups in total. The molecule has 0 radical (unpaired) electrons. The number of hydrogen-bond acceptors (Lipinski definition) is 2. The first-order valence-corrected chi connectivity index (χ1v) is 6.64.